The first-order chi connectivity index (χ1) is 14.1. The summed E-state index contributed by atoms with van der Waals surface area (Å²) in [6.45, 7) is 10.4. The number of aryl methyl sites for hydroxylation is 1. The molecule has 1 aromatic carbocycles. The number of ether oxygens (including phenoxy) is 1. The second-order valence-corrected chi connectivity index (χ2v) is 7.99. The van der Waals surface area contributed by atoms with Crippen molar-refractivity contribution in [2.45, 2.75) is 26.8 Å². The van der Waals surface area contributed by atoms with Crippen molar-refractivity contribution in [2.75, 3.05) is 24.6 Å². The van der Waals surface area contributed by atoms with Gasteiger partial charge in [-0.15, -0.1) is 0 Å². The Hall–Kier alpha value is -2.93. The normalized spacial score (nSPS) is 13.8. The molecule has 150 valence electrons. The third-order valence-corrected chi connectivity index (χ3v) is 6.00. The standard InChI is InChI=1S/C22H24N4O2S/c1-4-16-12-17(14-26-15(3)11-18(24-26)21(27)28-5-2)20-19(13-16)29-22(23-20)25-9-7-6-8-10-25/h4,6-7,11-13H,1,5,8-10,14H2,2-3H3. The Balaban J connectivity index is 1.71. The smallest absolute Gasteiger partial charge is 0.358 e. The van der Waals surface area contributed by atoms with E-state index in [9.17, 15) is 4.79 Å². The van der Waals surface area contributed by atoms with Crippen LogP contribution in [-0.4, -0.2) is 40.4 Å². The molecule has 3 heterocycles. The molecule has 0 bridgehead atoms. The van der Waals surface area contributed by atoms with Crippen molar-refractivity contribution in [3.63, 3.8) is 0 Å². The van der Waals surface area contributed by atoms with Crippen molar-refractivity contribution >= 4 is 38.7 Å². The van der Waals surface area contributed by atoms with E-state index in [2.05, 4.69) is 40.9 Å². The summed E-state index contributed by atoms with van der Waals surface area (Å²) in [5.41, 5.74) is 4.34. The number of thiazole rings is 1. The molecule has 0 spiro atoms. The minimum atomic E-state index is -0.395. The summed E-state index contributed by atoms with van der Waals surface area (Å²) in [6, 6.07) is 5.99. The lowest BCUT2D eigenvalue weighted by atomic mass is 10.1. The Bertz CT molecular complexity index is 1100. The number of hydrogen-bond donors (Lipinski definition) is 0. The molecule has 0 saturated heterocycles. The van der Waals surface area contributed by atoms with Gasteiger partial charge in [-0.1, -0.05) is 36.1 Å². The molecule has 6 nitrogen and oxygen atoms in total. The highest BCUT2D eigenvalue weighted by atomic mass is 32.1. The maximum atomic E-state index is 12.0. The van der Waals surface area contributed by atoms with Gasteiger partial charge >= 0.3 is 5.97 Å². The van der Waals surface area contributed by atoms with Crippen LogP contribution < -0.4 is 4.90 Å². The number of carbonyl (C=O) groups excluding carboxylic acids is 1. The van der Waals surface area contributed by atoms with Crippen LogP contribution >= 0.6 is 11.3 Å². The van der Waals surface area contributed by atoms with Crippen LogP contribution in [0.25, 0.3) is 16.3 Å². The van der Waals surface area contributed by atoms with Gasteiger partial charge in [0.15, 0.2) is 10.8 Å². The van der Waals surface area contributed by atoms with Crippen molar-refractivity contribution in [1.82, 2.24) is 14.8 Å². The molecule has 4 rings (SSSR count). The van der Waals surface area contributed by atoms with Gasteiger partial charge in [-0.25, -0.2) is 9.78 Å². The van der Waals surface area contributed by atoms with E-state index in [1.54, 1.807) is 24.3 Å². The molecule has 1 aliphatic heterocycles. The van der Waals surface area contributed by atoms with Crippen molar-refractivity contribution in [1.29, 1.82) is 0 Å². The number of carbonyl (C=O) groups is 1. The van der Waals surface area contributed by atoms with E-state index in [4.69, 9.17) is 9.72 Å². The van der Waals surface area contributed by atoms with Crippen molar-refractivity contribution in [3.05, 3.63) is 59.4 Å². The predicted octanol–water partition coefficient (Wildman–Crippen LogP) is 4.44. The SMILES string of the molecule is C=Cc1cc(Cn2nc(C(=O)OCC)cc2C)c2nc(N3CC=CCC3)sc2c1. The molecule has 0 amide bonds. The summed E-state index contributed by atoms with van der Waals surface area (Å²) in [6.07, 6.45) is 7.30. The number of benzene rings is 1. The fourth-order valence-electron chi connectivity index (χ4n) is 3.44. The zero-order chi connectivity index (χ0) is 20.4. The summed E-state index contributed by atoms with van der Waals surface area (Å²) < 4.78 is 8.04. The average molecular weight is 409 g/mol. The monoisotopic (exact) mass is 408 g/mol. The van der Waals surface area contributed by atoms with E-state index < -0.39 is 5.97 Å². The van der Waals surface area contributed by atoms with E-state index in [-0.39, 0.29) is 0 Å². The summed E-state index contributed by atoms with van der Waals surface area (Å²) in [7, 11) is 0. The number of aromatic nitrogens is 3. The van der Waals surface area contributed by atoms with Crippen LogP contribution in [0.4, 0.5) is 5.13 Å². The number of hydrogen-bond acceptors (Lipinski definition) is 6. The largest absolute Gasteiger partial charge is 0.461 e. The Kier molecular flexibility index (Phi) is 5.49. The van der Waals surface area contributed by atoms with Crippen LogP contribution in [0.2, 0.25) is 0 Å². The molecular weight excluding hydrogens is 384 g/mol. The molecule has 7 heteroatoms. The number of esters is 1. The Labute approximate surface area is 174 Å². The Morgan fingerprint density at radius 2 is 2.21 bits per heavy atom. The minimum absolute atomic E-state index is 0.333. The molecule has 1 aliphatic rings. The van der Waals surface area contributed by atoms with Gasteiger partial charge in [0.05, 0.1) is 23.4 Å². The molecule has 3 aromatic rings. The van der Waals surface area contributed by atoms with Gasteiger partial charge in [-0.05, 0) is 44.0 Å². The third kappa shape index (κ3) is 3.96. The van der Waals surface area contributed by atoms with Gasteiger partial charge in [0.25, 0.3) is 0 Å². The summed E-state index contributed by atoms with van der Waals surface area (Å²) in [5.74, 6) is -0.395. The lowest BCUT2D eigenvalue weighted by molar-refractivity contribution is 0.0518. The molecule has 0 radical (unpaired) electrons. The van der Waals surface area contributed by atoms with Crippen LogP contribution in [0.15, 0.2) is 36.9 Å². The van der Waals surface area contributed by atoms with Gasteiger partial charge in [0.1, 0.15) is 0 Å². The van der Waals surface area contributed by atoms with E-state index >= 15 is 0 Å². The predicted molar refractivity (Wildman–Crippen MR) is 118 cm³/mol. The summed E-state index contributed by atoms with van der Waals surface area (Å²) in [4.78, 5) is 19.3. The van der Waals surface area contributed by atoms with Crippen molar-refractivity contribution < 1.29 is 9.53 Å². The van der Waals surface area contributed by atoms with Gasteiger partial charge < -0.3 is 9.64 Å². The first-order valence-electron chi connectivity index (χ1n) is 9.76. The highest BCUT2D eigenvalue weighted by Crippen LogP contribution is 2.33. The van der Waals surface area contributed by atoms with Crippen LogP contribution in [0, 0.1) is 6.92 Å². The minimum Gasteiger partial charge on any atom is -0.461 e. The van der Waals surface area contributed by atoms with Crippen LogP contribution in [0.5, 0.6) is 0 Å². The van der Waals surface area contributed by atoms with Crippen molar-refractivity contribution in [2.24, 2.45) is 0 Å². The maximum Gasteiger partial charge on any atom is 0.358 e. The third-order valence-electron chi connectivity index (χ3n) is 4.94. The zero-order valence-corrected chi connectivity index (χ0v) is 17.5. The maximum absolute atomic E-state index is 12.0. The van der Waals surface area contributed by atoms with Crippen LogP contribution in [0.3, 0.4) is 0 Å². The highest BCUT2D eigenvalue weighted by molar-refractivity contribution is 7.22. The fraction of sp³-hybridized carbons (Fsp3) is 0.318. The Morgan fingerprint density at radius 3 is 2.93 bits per heavy atom. The van der Waals surface area contributed by atoms with E-state index in [0.717, 1.165) is 51.7 Å². The molecule has 0 unspecified atom stereocenters. The van der Waals surface area contributed by atoms with Crippen LogP contribution in [-0.2, 0) is 11.3 Å². The Morgan fingerprint density at radius 1 is 1.34 bits per heavy atom. The summed E-state index contributed by atoms with van der Waals surface area (Å²) >= 11 is 1.71. The van der Waals surface area contributed by atoms with E-state index in [1.165, 1.54) is 0 Å². The number of nitrogens with zero attached hydrogens (tertiary/aromatic N) is 4. The lowest BCUT2D eigenvalue weighted by Gasteiger charge is -2.22. The molecular formula is C22H24N4O2S. The summed E-state index contributed by atoms with van der Waals surface area (Å²) in [5, 5.41) is 5.49. The molecule has 0 atom stereocenters. The molecule has 0 fully saturated rings. The average Bonchev–Trinajstić information content (AvgIpc) is 3.33. The van der Waals surface area contributed by atoms with E-state index in [1.807, 2.05) is 17.7 Å². The fourth-order valence-corrected chi connectivity index (χ4v) is 4.53. The van der Waals surface area contributed by atoms with Gasteiger partial charge in [0.2, 0.25) is 0 Å². The number of fused-ring (bicyclic) bond motifs is 1. The first-order valence-corrected chi connectivity index (χ1v) is 10.6. The molecule has 2 aromatic heterocycles. The second kappa shape index (κ2) is 8.21. The molecule has 0 aliphatic carbocycles. The second-order valence-electron chi connectivity index (χ2n) is 6.98. The molecule has 0 N–H and O–H groups in total. The lowest BCUT2D eigenvalue weighted by Crippen LogP contribution is -2.26. The van der Waals surface area contributed by atoms with Gasteiger partial charge in [0, 0.05) is 24.3 Å². The van der Waals surface area contributed by atoms with E-state index in [0.29, 0.717) is 18.8 Å². The van der Waals surface area contributed by atoms with Gasteiger partial charge in [-0.2, -0.15) is 5.10 Å². The number of rotatable bonds is 6. The van der Waals surface area contributed by atoms with Gasteiger partial charge in [-0.3, -0.25) is 4.68 Å². The zero-order valence-electron chi connectivity index (χ0n) is 16.7. The molecule has 29 heavy (non-hydrogen) atoms. The van der Waals surface area contributed by atoms with Crippen LogP contribution in [0.1, 0.15) is 40.7 Å². The van der Waals surface area contributed by atoms with Crippen molar-refractivity contribution in [3.8, 4) is 0 Å². The number of anilines is 1. The topological polar surface area (TPSA) is 60.3 Å². The highest BCUT2D eigenvalue weighted by Gasteiger charge is 2.18. The first kappa shape index (κ1) is 19.4. The quantitative estimate of drug-likeness (QED) is 0.446. The molecule has 0 saturated carbocycles.